The average Bonchev–Trinajstić information content (AvgIpc) is 2.79. The second-order valence-electron chi connectivity index (χ2n) is 4.88. The van der Waals surface area contributed by atoms with Crippen molar-refractivity contribution in [2.24, 2.45) is 0 Å². The zero-order chi connectivity index (χ0) is 15.0. The van der Waals surface area contributed by atoms with Gasteiger partial charge < -0.3 is 0 Å². The number of hydrogen-bond donors (Lipinski definition) is 1. The molecule has 1 aliphatic heterocycles. The number of thiophene rings is 1. The van der Waals surface area contributed by atoms with E-state index in [2.05, 4.69) is 21.2 Å². The molecule has 1 aromatic heterocycles. The summed E-state index contributed by atoms with van der Waals surface area (Å²) in [5, 5.41) is 2.43. The summed E-state index contributed by atoms with van der Waals surface area (Å²) in [6.07, 6.45) is 0.286. The van der Waals surface area contributed by atoms with E-state index in [1.54, 1.807) is 0 Å². The van der Waals surface area contributed by atoms with Crippen molar-refractivity contribution >= 4 is 50.7 Å². The molecule has 1 aliphatic rings. The highest BCUT2D eigenvalue weighted by Gasteiger charge is 2.38. The summed E-state index contributed by atoms with van der Waals surface area (Å²) in [5.74, 6) is -1.03. The average molecular weight is 385 g/mol. The molecule has 3 nitrogen and oxygen atoms in total. The van der Waals surface area contributed by atoms with E-state index in [4.69, 9.17) is 11.6 Å². The van der Waals surface area contributed by atoms with Crippen LogP contribution in [0.5, 0.6) is 0 Å². The van der Waals surface area contributed by atoms with Crippen molar-refractivity contribution < 1.29 is 9.59 Å². The van der Waals surface area contributed by atoms with Gasteiger partial charge in [0.1, 0.15) is 4.34 Å². The van der Waals surface area contributed by atoms with Gasteiger partial charge in [0.25, 0.3) is 0 Å². The first-order valence-corrected chi connectivity index (χ1v) is 8.38. The normalized spacial score (nSPS) is 22.2. The van der Waals surface area contributed by atoms with Gasteiger partial charge in [0, 0.05) is 21.7 Å². The molecule has 108 valence electrons. The van der Waals surface area contributed by atoms with Crippen LogP contribution in [-0.2, 0) is 9.59 Å². The highest BCUT2D eigenvalue weighted by molar-refractivity contribution is 9.10. The lowest BCUT2D eigenvalue weighted by Gasteiger charge is -2.29. The van der Waals surface area contributed by atoms with E-state index in [9.17, 15) is 9.59 Å². The van der Waals surface area contributed by atoms with E-state index in [0.717, 1.165) is 14.9 Å². The fourth-order valence-electron chi connectivity index (χ4n) is 2.62. The highest BCUT2D eigenvalue weighted by Crippen LogP contribution is 2.44. The molecule has 2 unspecified atom stereocenters. The monoisotopic (exact) mass is 383 g/mol. The number of hydrogen-bond acceptors (Lipinski definition) is 3. The number of carbonyl (C=O) groups excluding carboxylic acids is 2. The van der Waals surface area contributed by atoms with E-state index in [1.165, 1.54) is 11.3 Å². The molecule has 0 saturated carbocycles. The van der Waals surface area contributed by atoms with Crippen LogP contribution < -0.4 is 5.32 Å². The summed E-state index contributed by atoms with van der Waals surface area (Å²) in [4.78, 5) is 25.0. The van der Waals surface area contributed by atoms with E-state index >= 15 is 0 Å². The molecule has 3 rings (SSSR count). The SMILES string of the molecule is O=C1CC(c2cc(Br)c(Cl)s2)C(c2ccccc2)C(=O)N1. The minimum Gasteiger partial charge on any atom is -0.296 e. The molecule has 2 heterocycles. The Morgan fingerprint density at radius 2 is 1.95 bits per heavy atom. The molecule has 1 fully saturated rings. The van der Waals surface area contributed by atoms with Crippen LogP contribution in [0.2, 0.25) is 4.34 Å². The zero-order valence-corrected chi connectivity index (χ0v) is 14.0. The topological polar surface area (TPSA) is 46.2 Å². The minimum atomic E-state index is -0.370. The van der Waals surface area contributed by atoms with Gasteiger partial charge in [-0.05, 0) is 27.6 Å². The van der Waals surface area contributed by atoms with Gasteiger partial charge in [-0.15, -0.1) is 11.3 Å². The van der Waals surface area contributed by atoms with E-state index in [1.807, 2.05) is 36.4 Å². The molecule has 2 amide bonds. The van der Waals surface area contributed by atoms with E-state index < -0.39 is 0 Å². The van der Waals surface area contributed by atoms with Crippen LogP contribution >= 0.6 is 38.9 Å². The first-order valence-electron chi connectivity index (χ1n) is 6.39. The summed E-state index contributed by atoms with van der Waals surface area (Å²) >= 11 is 10.9. The van der Waals surface area contributed by atoms with Crippen molar-refractivity contribution in [3.8, 4) is 0 Å². The number of amides is 2. The number of nitrogens with one attached hydrogen (secondary N) is 1. The van der Waals surface area contributed by atoms with E-state index in [0.29, 0.717) is 4.34 Å². The Bertz CT molecular complexity index is 681. The van der Waals surface area contributed by atoms with Gasteiger partial charge in [-0.3, -0.25) is 14.9 Å². The van der Waals surface area contributed by atoms with Crippen molar-refractivity contribution in [3.05, 3.63) is 55.6 Å². The third kappa shape index (κ3) is 2.91. The van der Waals surface area contributed by atoms with Gasteiger partial charge in [-0.1, -0.05) is 41.9 Å². The number of halogens is 2. The predicted octanol–water partition coefficient (Wildman–Crippen LogP) is 4.08. The molecule has 0 radical (unpaired) electrons. The molecule has 6 heteroatoms. The van der Waals surface area contributed by atoms with Crippen LogP contribution in [0.4, 0.5) is 0 Å². The lowest BCUT2D eigenvalue weighted by molar-refractivity contribution is -0.135. The summed E-state index contributed by atoms with van der Waals surface area (Å²) < 4.78 is 1.43. The van der Waals surface area contributed by atoms with Crippen molar-refractivity contribution in [1.29, 1.82) is 0 Å². The molecular weight excluding hydrogens is 374 g/mol. The standard InChI is InChI=1S/C15H11BrClNO2S/c16-10-7-11(21-14(10)17)9-6-12(19)18-15(20)13(9)8-4-2-1-3-5-8/h1-5,7,9,13H,6H2,(H,18,19,20). The van der Waals surface area contributed by atoms with Crippen LogP contribution in [0.1, 0.15) is 28.7 Å². The number of piperidine rings is 1. The zero-order valence-electron chi connectivity index (χ0n) is 10.8. The molecule has 2 aromatic rings. The molecule has 1 aromatic carbocycles. The predicted molar refractivity (Wildman–Crippen MR) is 86.7 cm³/mol. The molecule has 0 spiro atoms. The highest BCUT2D eigenvalue weighted by atomic mass is 79.9. The number of rotatable bonds is 2. The van der Waals surface area contributed by atoms with E-state index in [-0.39, 0.29) is 30.1 Å². The summed E-state index contributed by atoms with van der Waals surface area (Å²) in [6, 6.07) is 11.4. The van der Waals surface area contributed by atoms with Gasteiger partial charge in [0.15, 0.2) is 0 Å². The lowest BCUT2D eigenvalue weighted by atomic mass is 9.80. The second-order valence-corrected chi connectivity index (χ2v) is 7.42. The van der Waals surface area contributed by atoms with Crippen molar-refractivity contribution in [3.63, 3.8) is 0 Å². The van der Waals surface area contributed by atoms with Crippen LogP contribution in [-0.4, -0.2) is 11.8 Å². The lowest BCUT2D eigenvalue weighted by Crippen LogP contribution is -2.43. The largest absolute Gasteiger partial charge is 0.296 e. The molecule has 0 bridgehead atoms. The van der Waals surface area contributed by atoms with Gasteiger partial charge in [0.2, 0.25) is 11.8 Å². The first-order chi connectivity index (χ1) is 10.1. The Hall–Kier alpha value is -1.17. The smallest absolute Gasteiger partial charge is 0.234 e. The maximum absolute atomic E-state index is 12.3. The number of benzene rings is 1. The molecule has 1 N–H and O–H groups in total. The van der Waals surface area contributed by atoms with Gasteiger partial charge in [-0.2, -0.15) is 0 Å². The maximum atomic E-state index is 12.3. The van der Waals surface area contributed by atoms with Crippen molar-refractivity contribution in [2.45, 2.75) is 18.3 Å². The molecule has 1 saturated heterocycles. The second kappa shape index (κ2) is 5.91. The summed E-state index contributed by atoms with van der Waals surface area (Å²) in [6.45, 7) is 0. The van der Waals surface area contributed by atoms with Crippen molar-refractivity contribution in [2.75, 3.05) is 0 Å². The molecule has 2 atom stereocenters. The van der Waals surface area contributed by atoms with Crippen LogP contribution in [0.15, 0.2) is 40.9 Å². The molecule has 0 aliphatic carbocycles. The maximum Gasteiger partial charge on any atom is 0.234 e. The van der Waals surface area contributed by atoms with Gasteiger partial charge >= 0.3 is 0 Å². The third-order valence-corrected chi connectivity index (χ3v) is 6.15. The Labute approximate surface area is 139 Å². The quantitative estimate of drug-likeness (QED) is 0.793. The Balaban J connectivity index is 2.05. The Morgan fingerprint density at radius 1 is 1.24 bits per heavy atom. The Kier molecular flexibility index (Phi) is 4.15. The van der Waals surface area contributed by atoms with Crippen LogP contribution in [0, 0.1) is 0 Å². The molecular formula is C15H11BrClNO2S. The molecule has 21 heavy (non-hydrogen) atoms. The first kappa shape index (κ1) is 14.8. The summed E-state index contributed by atoms with van der Waals surface area (Å²) in [5.41, 5.74) is 0.910. The summed E-state index contributed by atoms with van der Waals surface area (Å²) in [7, 11) is 0. The fourth-order valence-corrected chi connectivity index (χ4v) is 4.50. The Morgan fingerprint density at radius 3 is 2.57 bits per heavy atom. The number of carbonyl (C=O) groups is 2. The fraction of sp³-hybridized carbons (Fsp3) is 0.200. The van der Waals surface area contributed by atoms with Crippen LogP contribution in [0.3, 0.4) is 0 Å². The van der Waals surface area contributed by atoms with Gasteiger partial charge in [-0.25, -0.2) is 0 Å². The van der Waals surface area contributed by atoms with Crippen LogP contribution in [0.25, 0.3) is 0 Å². The van der Waals surface area contributed by atoms with Gasteiger partial charge in [0.05, 0.1) is 5.92 Å². The minimum absolute atomic E-state index is 0.178. The van der Waals surface area contributed by atoms with Crippen molar-refractivity contribution in [1.82, 2.24) is 5.32 Å². The third-order valence-electron chi connectivity index (χ3n) is 3.54. The number of imide groups is 1.